The first-order valence-corrected chi connectivity index (χ1v) is 10.2. The number of nitrogens with zero attached hydrogens (tertiary/aromatic N) is 1. The monoisotopic (exact) mass is 371 g/mol. The van der Waals surface area contributed by atoms with Crippen LogP contribution in [-0.4, -0.2) is 22.3 Å². The Morgan fingerprint density at radius 3 is 2.38 bits per heavy atom. The van der Waals surface area contributed by atoms with E-state index in [-0.39, 0.29) is 10.9 Å². The second-order valence-electron chi connectivity index (χ2n) is 7.26. The molecule has 2 rings (SSSR count). The van der Waals surface area contributed by atoms with E-state index in [4.69, 9.17) is 4.74 Å². The second kappa shape index (κ2) is 9.79. The first-order valence-electron chi connectivity index (χ1n) is 9.05. The van der Waals surface area contributed by atoms with E-state index in [2.05, 4.69) is 52.9 Å². The van der Waals surface area contributed by atoms with Crippen molar-refractivity contribution < 1.29 is 8.95 Å². The molecular weight excluding hydrogens is 342 g/mol. The quantitative estimate of drug-likeness (QED) is 0.438. The molecule has 0 saturated carbocycles. The van der Waals surface area contributed by atoms with Crippen LogP contribution in [0.3, 0.4) is 0 Å². The molecular formula is C22H29NO2S. The summed E-state index contributed by atoms with van der Waals surface area (Å²) in [5, 5.41) is 0. The first kappa shape index (κ1) is 20.5. The molecule has 0 aliphatic rings. The highest BCUT2D eigenvalue weighted by molar-refractivity contribution is 7.85. The topological polar surface area (TPSA) is 38.7 Å². The number of ether oxygens (including phenoxy) is 1. The summed E-state index contributed by atoms with van der Waals surface area (Å²) >= 11 is 0. The minimum Gasteiger partial charge on any atom is -0.377 e. The van der Waals surface area contributed by atoms with Crippen LogP contribution in [0, 0.1) is 0 Å². The lowest BCUT2D eigenvalue weighted by molar-refractivity contribution is 0.0948. The molecule has 2 aromatic rings. The lowest BCUT2D eigenvalue weighted by Crippen LogP contribution is -2.19. The Morgan fingerprint density at radius 1 is 1.08 bits per heavy atom. The SMILES string of the molecule is COC(CCCC=NS(=O)C(C)(C)C)c1ccccc1-c1ccccc1. The maximum Gasteiger partial charge on any atom is 0.144 e. The summed E-state index contributed by atoms with van der Waals surface area (Å²) in [6, 6.07) is 18.8. The molecule has 0 heterocycles. The van der Waals surface area contributed by atoms with Gasteiger partial charge in [-0.15, -0.1) is 0 Å². The largest absolute Gasteiger partial charge is 0.377 e. The van der Waals surface area contributed by atoms with Crippen LogP contribution in [-0.2, 0) is 15.7 Å². The molecule has 0 fully saturated rings. The van der Waals surface area contributed by atoms with Gasteiger partial charge in [0.15, 0.2) is 0 Å². The number of benzene rings is 2. The predicted molar refractivity (Wildman–Crippen MR) is 112 cm³/mol. The summed E-state index contributed by atoms with van der Waals surface area (Å²) in [6.07, 6.45) is 4.46. The molecule has 0 radical (unpaired) electrons. The molecule has 0 bridgehead atoms. The summed E-state index contributed by atoms with van der Waals surface area (Å²) in [6.45, 7) is 5.80. The first-order chi connectivity index (χ1) is 12.4. The van der Waals surface area contributed by atoms with Gasteiger partial charge in [-0.1, -0.05) is 54.6 Å². The van der Waals surface area contributed by atoms with Gasteiger partial charge in [-0.25, -0.2) is 4.21 Å². The van der Waals surface area contributed by atoms with Crippen molar-refractivity contribution in [1.82, 2.24) is 0 Å². The van der Waals surface area contributed by atoms with Gasteiger partial charge in [0.1, 0.15) is 11.0 Å². The van der Waals surface area contributed by atoms with Crippen molar-refractivity contribution in [3.8, 4) is 11.1 Å². The molecule has 2 atom stereocenters. The van der Waals surface area contributed by atoms with Crippen LogP contribution in [0.2, 0.25) is 0 Å². The fraction of sp³-hybridized carbons (Fsp3) is 0.409. The molecule has 3 nitrogen and oxygen atoms in total. The van der Waals surface area contributed by atoms with Crippen molar-refractivity contribution >= 4 is 17.2 Å². The number of rotatable bonds is 8. The van der Waals surface area contributed by atoms with E-state index in [0.29, 0.717) is 0 Å². The van der Waals surface area contributed by atoms with Crippen molar-refractivity contribution in [3.05, 3.63) is 60.2 Å². The third-order valence-electron chi connectivity index (χ3n) is 4.17. The minimum absolute atomic E-state index is 0.0351. The van der Waals surface area contributed by atoms with E-state index in [1.54, 1.807) is 13.3 Å². The van der Waals surface area contributed by atoms with E-state index >= 15 is 0 Å². The highest BCUT2D eigenvalue weighted by Crippen LogP contribution is 2.32. The highest BCUT2D eigenvalue weighted by Gasteiger charge is 2.18. The number of unbranched alkanes of at least 4 members (excludes halogenated alkanes) is 1. The average molecular weight is 372 g/mol. The van der Waals surface area contributed by atoms with Crippen LogP contribution in [0.4, 0.5) is 0 Å². The van der Waals surface area contributed by atoms with Crippen molar-refractivity contribution in [2.75, 3.05) is 7.11 Å². The number of methoxy groups -OCH3 is 1. The smallest absolute Gasteiger partial charge is 0.144 e. The zero-order valence-corrected chi connectivity index (χ0v) is 17.0. The van der Waals surface area contributed by atoms with Gasteiger partial charge in [0, 0.05) is 13.3 Å². The van der Waals surface area contributed by atoms with Crippen molar-refractivity contribution in [1.29, 1.82) is 0 Å². The fourth-order valence-corrected chi connectivity index (χ4v) is 3.29. The molecule has 26 heavy (non-hydrogen) atoms. The molecule has 4 heteroatoms. The Bertz CT molecular complexity index is 735. The van der Waals surface area contributed by atoms with Crippen molar-refractivity contribution in [2.45, 2.75) is 50.9 Å². The molecule has 0 aromatic heterocycles. The zero-order valence-electron chi connectivity index (χ0n) is 16.1. The van der Waals surface area contributed by atoms with Crippen LogP contribution in [0.25, 0.3) is 11.1 Å². The molecule has 0 amide bonds. The van der Waals surface area contributed by atoms with E-state index in [1.165, 1.54) is 16.7 Å². The summed E-state index contributed by atoms with van der Waals surface area (Å²) < 4.78 is 21.6. The Kier molecular flexibility index (Phi) is 7.73. The highest BCUT2D eigenvalue weighted by atomic mass is 32.2. The van der Waals surface area contributed by atoms with Crippen molar-refractivity contribution in [2.24, 2.45) is 4.40 Å². The third kappa shape index (κ3) is 5.89. The maximum atomic E-state index is 11.9. The van der Waals surface area contributed by atoms with Gasteiger partial charge in [-0.3, -0.25) is 0 Å². The summed E-state index contributed by atoms with van der Waals surface area (Å²) in [5.41, 5.74) is 3.62. The average Bonchev–Trinajstić information content (AvgIpc) is 2.64. The summed E-state index contributed by atoms with van der Waals surface area (Å²) in [4.78, 5) is 0. The van der Waals surface area contributed by atoms with Gasteiger partial charge in [0.25, 0.3) is 0 Å². The van der Waals surface area contributed by atoms with Gasteiger partial charge in [0.05, 0.1) is 10.9 Å². The van der Waals surface area contributed by atoms with Crippen LogP contribution in [0.5, 0.6) is 0 Å². The molecule has 0 saturated heterocycles. The zero-order chi connectivity index (χ0) is 19.0. The van der Waals surface area contributed by atoms with Crippen LogP contribution < -0.4 is 0 Å². The van der Waals surface area contributed by atoms with Crippen LogP contribution >= 0.6 is 0 Å². The second-order valence-corrected chi connectivity index (χ2v) is 9.19. The minimum atomic E-state index is -1.18. The van der Waals surface area contributed by atoms with Gasteiger partial charge in [-0.2, -0.15) is 4.40 Å². The fourth-order valence-electron chi connectivity index (χ4n) is 2.73. The third-order valence-corrected chi connectivity index (χ3v) is 5.56. The Hall–Kier alpha value is -1.78. The molecule has 2 unspecified atom stereocenters. The molecule has 0 aliphatic heterocycles. The van der Waals surface area contributed by atoms with Crippen LogP contribution in [0.15, 0.2) is 59.0 Å². The lowest BCUT2D eigenvalue weighted by Gasteiger charge is -2.19. The van der Waals surface area contributed by atoms with E-state index in [1.807, 2.05) is 26.8 Å². The molecule has 0 spiro atoms. The molecule has 0 aliphatic carbocycles. The van der Waals surface area contributed by atoms with E-state index < -0.39 is 11.0 Å². The van der Waals surface area contributed by atoms with Gasteiger partial charge < -0.3 is 4.74 Å². The summed E-state index contributed by atoms with van der Waals surface area (Å²) in [7, 11) is 0.579. The normalized spacial score (nSPS) is 14.5. The lowest BCUT2D eigenvalue weighted by atomic mass is 9.94. The predicted octanol–water partition coefficient (Wildman–Crippen LogP) is 5.74. The van der Waals surface area contributed by atoms with Gasteiger partial charge in [-0.05, 0) is 56.7 Å². The Morgan fingerprint density at radius 2 is 1.73 bits per heavy atom. The summed E-state index contributed by atoms with van der Waals surface area (Å²) in [5.74, 6) is 0. The van der Waals surface area contributed by atoms with Crippen molar-refractivity contribution in [3.63, 3.8) is 0 Å². The van der Waals surface area contributed by atoms with Gasteiger partial charge >= 0.3 is 0 Å². The Balaban J connectivity index is 2.02. The molecule has 140 valence electrons. The molecule has 2 aromatic carbocycles. The van der Waals surface area contributed by atoms with E-state index in [0.717, 1.165) is 19.3 Å². The number of hydrogen-bond acceptors (Lipinski definition) is 2. The van der Waals surface area contributed by atoms with Gasteiger partial charge in [0.2, 0.25) is 0 Å². The Labute approximate surface area is 160 Å². The van der Waals surface area contributed by atoms with Crippen LogP contribution in [0.1, 0.15) is 51.7 Å². The molecule has 0 N–H and O–H groups in total. The van der Waals surface area contributed by atoms with E-state index in [9.17, 15) is 4.21 Å². The maximum absolute atomic E-state index is 11.9. The standard InChI is InChI=1S/C22H29NO2S/c1-22(2,3)26(24)23-17-11-10-16-21(25-4)20-15-9-8-14-19(20)18-12-6-5-7-13-18/h5-9,12-15,17,21H,10-11,16H2,1-4H3. The number of hydrogen-bond donors (Lipinski definition) is 0.